The fraction of sp³-hybridized carbons (Fsp3) is 0.227. The van der Waals surface area contributed by atoms with Crippen LogP contribution in [0.4, 0.5) is 0 Å². The molecule has 1 aromatic carbocycles. The highest BCUT2D eigenvalue weighted by atomic mass is 79.9. The topological polar surface area (TPSA) is 17.8 Å². The van der Waals surface area contributed by atoms with Crippen molar-refractivity contribution < 1.29 is 0 Å². The van der Waals surface area contributed by atoms with Crippen molar-refractivity contribution >= 4 is 57.4 Å². The second kappa shape index (κ2) is 12.8. The molecule has 1 aromatic heterocycles. The quantitative estimate of drug-likeness (QED) is 0.392. The van der Waals surface area contributed by atoms with Crippen molar-refractivity contribution in [3.05, 3.63) is 80.3 Å². The van der Waals surface area contributed by atoms with E-state index in [2.05, 4.69) is 50.6 Å². The van der Waals surface area contributed by atoms with Crippen molar-refractivity contribution in [2.75, 3.05) is 0 Å². The lowest BCUT2D eigenvalue weighted by Crippen LogP contribution is -1.94. The molecule has 0 bridgehead atoms. The predicted molar refractivity (Wildman–Crippen MR) is 125 cm³/mol. The molecule has 2 rings (SSSR count). The van der Waals surface area contributed by atoms with Gasteiger partial charge in [0, 0.05) is 27.3 Å². The van der Waals surface area contributed by atoms with Crippen LogP contribution in [0.25, 0.3) is 18.2 Å². The standard InChI is InChI=1S/C20H19BrCl2N2.C2H6/c1-3-25-14-19(6-4-5-18(23)13-15(2)22)24-20(25)12-9-16-7-10-17(21)11-8-16;1-2/h4-14H,3H2,1-2H3;1-2H3/b6-4+,12-9+,15-13+,18-5+;. The van der Waals surface area contributed by atoms with Crippen molar-refractivity contribution in [1.29, 1.82) is 0 Å². The summed E-state index contributed by atoms with van der Waals surface area (Å²) in [6.07, 6.45) is 13.4. The van der Waals surface area contributed by atoms with E-state index in [0.29, 0.717) is 10.1 Å². The number of halogens is 3. The summed E-state index contributed by atoms with van der Waals surface area (Å²) in [4.78, 5) is 4.64. The molecule has 0 aliphatic carbocycles. The Hall–Kier alpha value is -1.55. The van der Waals surface area contributed by atoms with Crippen LogP contribution in [0.3, 0.4) is 0 Å². The molecule has 2 aromatic rings. The molecule has 0 unspecified atom stereocenters. The average molecular weight is 468 g/mol. The van der Waals surface area contributed by atoms with Crippen LogP contribution in [0, 0.1) is 0 Å². The molecule has 0 fully saturated rings. The second-order valence-corrected chi connectivity index (χ2v) is 7.28. The van der Waals surface area contributed by atoms with E-state index in [1.807, 2.05) is 50.4 Å². The number of rotatable bonds is 6. The van der Waals surface area contributed by atoms with Crippen molar-refractivity contribution in [2.45, 2.75) is 34.2 Å². The largest absolute Gasteiger partial charge is 0.331 e. The first-order valence-corrected chi connectivity index (χ1v) is 10.4. The van der Waals surface area contributed by atoms with Gasteiger partial charge in [-0.3, -0.25) is 0 Å². The Balaban J connectivity index is 0.00000176. The molecule has 1 heterocycles. The maximum atomic E-state index is 6.04. The Morgan fingerprint density at radius 1 is 1.11 bits per heavy atom. The monoisotopic (exact) mass is 466 g/mol. The summed E-state index contributed by atoms with van der Waals surface area (Å²) in [5.74, 6) is 0.914. The van der Waals surface area contributed by atoms with Gasteiger partial charge >= 0.3 is 0 Å². The van der Waals surface area contributed by atoms with Crippen LogP contribution in [0.2, 0.25) is 0 Å². The van der Waals surface area contributed by atoms with Gasteiger partial charge < -0.3 is 4.57 Å². The van der Waals surface area contributed by atoms with E-state index in [1.165, 1.54) is 0 Å². The lowest BCUT2D eigenvalue weighted by Gasteiger charge is -1.99. The Morgan fingerprint density at radius 2 is 1.78 bits per heavy atom. The summed E-state index contributed by atoms with van der Waals surface area (Å²) >= 11 is 15.3. The average Bonchev–Trinajstić information content (AvgIpc) is 3.04. The highest BCUT2D eigenvalue weighted by Crippen LogP contribution is 2.15. The fourth-order valence-corrected chi connectivity index (χ4v) is 2.81. The van der Waals surface area contributed by atoms with Crippen LogP contribution in [0.15, 0.2) is 63.2 Å². The van der Waals surface area contributed by atoms with Gasteiger partial charge in [-0.25, -0.2) is 4.98 Å². The maximum Gasteiger partial charge on any atom is 0.133 e. The molecule has 0 amide bonds. The normalized spacial score (nSPS) is 12.6. The molecular formula is C22H25BrCl2N2. The lowest BCUT2D eigenvalue weighted by atomic mass is 10.2. The second-order valence-electron chi connectivity index (χ2n) is 5.34. The van der Waals surface area contributed by atoms with E-state index in [-0.39, 0.29) is 0 Å². The molecular weight excluding hydrogens is 443 g/mol. The van der Waals surface area contributed by atoms with E-state index >= 15 is 0 Å². The molecule has 5 heteroatoms. The molecule has 0 saturated carbocycles. The zero-order valence-corrected chi connectivity index (χ0v) is 19.2. The van der Waals surface area contributed by atoms with E-state index in [1.54, 1.807) is 19.1 Å². The first-order valence-electron chi connectivity index (χ1n) is 8.86. The lowest BCUT2D eigenvalue weighted by molar-refractivity contribution is 0.752. The highest BCUT2D eigenvalue weighted by Gasteiger charge is 2.01. The minimum Gasteiger partial charge on any atom is -0.331 e. The van der Waals surface area contributed by atoms with Gasteiger partial charge in [-0.1, -0.05) is 77.3 Å². The molecule has 0 aliphatic heterocycles. The van der Waals surface area contributed by atoms with Gasteiger partial charge in [0.2, 0.25) is 0 Å². The number of hydrogen-bond donors (Lipinski definition) is 0. The SMILES string of the molecule is CC.CCn1cc(/C=C/C=C(Cl)\C=C(/C)Cl)nc1/C=C/c1ccc(Br)cc1. The third-order valence-corrected chi connectivity index (χ3v) is 4.19. The predicted octanol–water partition coefficient (Wildman–Crippen LogP) is 8.14. The van der Waals surface area contributed by atoms with Crippen molar-refractivity contribution in [3.63, 3.8) is 0 Å². The number of aryl methyl sites for hydroxylation is 1. The van der Waals surface area contributed by atoms with E-state index in [4.69, 9.17) is 23.2 Å². The van der Waals surface area contributed by atoms with Gasteiger partial charge in [0.15, 0.2) is 0 Å². The van der Waals surface area contributed by atoms with Crippen LogP contribution in [0.1, 0.15) is 44.8 Å². The Labute approximate surface area is 181 Å². The van der Waals surface area contributed by atoms with Crippen LogP contribution in [-0.4, -0.2) is 9.55 Å². The summed E-state index contributed by atoms with van der Waals surface area (Å²) in [6.45, 7) is 8.73. The van der Waals surface area contributed by atoms with Gasteiger partial charge in [0.1, 0.15) is 5.82 Å². The molecule has 0 atom stereocenters. The summed E-state index contributed by atoms with van der Waals surface area (Å²) in [5.41, 5.74) is 2.01. The van der Waals surface area contributed by atoms with Crippen LogP contribution in [-0.2, 0) is 6.54 Å². The molecule has 27 heavy (non-hydrogen) atoms. The van der Waals surface area contributed by atoms with Gasteiger partial charge in [-0.05, 0) is 55.8 Å². The minimum atomic E-state index is 0.578. The van der Waals surface area contributed by atoms with E-state index in [0.717, 1.165) is 28.1 Å². The van der Waals surface area contributed by atoms with Gasteiger partial charge in [0.25, 0.3) is 0 Å². The van der Waals surface area contributed by atoms with Crippen molar-refractivity contribution in [3.8, 4) is 0 Å². The zero-order chi connectivity index (χ0) is 20.2. The van der Waals surface area contributed by atoms with Crippen LogP contribution < -0.4 is 0 Å². The van der Waals surface area contributed by atoms with Gasteiger partial charge in [-0.2, -0.15) is 0 Å². The molecule has 0 saturated heterocycles. The van der Waals surface area contributed by atoms with Crippen LogP contribution in [0.5, 0.6) is 0 Å². The van der Waals surface area contributed by atoms with E-state index in [9.17, 15) is 0 Å². The smallest absolute Gasteiger partial charge is 0.133 e. The first kappa shape index (κ1) is 23.5. The molecule has 0 aliphatic rings. The molecule has 2 nitrogen and oxygen atoms in total. The number of aromatic nitrogens is 2. The van der Waals surface area contributed by atoms with Gasteiger partial charge in [-0.15, -0.1) is 0 Å². The molecule has 0 N–H and O–H groups in total. The Kier molecular flexibility index (Phi) is 11.1. The van der Waals surface area contributed by atoms with E-state index < -0.39 is 0 Å². The summed E-state index contributed by atoms with van der Waals surface area (Å²) in [6, 6.07) is 8.15. The minimum absolute atomic E-state index is 0.578. The number of imidazole rings is 1. The molecule has 144 valence electrons. The fourth-order valence-electron chi connectivity index (χ4n) is 2.14. The third kappa shape index (κ3) is 8.79. The summed E-state index contributed by atoms with van der Waals surface area (Å²) < 4.78 is 3.17. The number of nitrogens with zero attached hydrogens (tertiary/aromatic N) is 2. The summed E-state index contributed by atoms with van der Waals surface area (Å²) in [7, 11) is 0. The number of hydrogen-bond acceptors (Lipinski definition) is 1. The van der Waals surface area contributed by atoms with Crippen LogP contribution >= 0.6 is 39.1 Å². The zero-order valence-electron chi connectivity index (χ0n) is 16.1. The number of benzene rings is 1. The molecule has 0 spiro atoms. The third-order valence-electron chi connectivity index (χ3n) is 3.32. The highest BCUT2D eigenvalue weighted by molar-refractivity contribution is 9.10. The Bertz CT molecular complexity index is 824. The first-order chi connectivity index (χ1) is 13.0. The Morgan fingerprint density at radius 3 is 2.37 bits per heavy atom. The van der Waals surface area contributed by atoms with Gasteiger partial charge in [0.05, 0.1) is 5.69 Å². The number of allylic oxidation sites excluding steroid dienone is 5. The molecule has 0 radical (unpaired) electrons. The maximum absolute atomic E-state index is 6.04. The van der Waals surface area contributed by atoms with Crippen molar-refractivity contribution in [2.24, 2.45) is 0 Å². The van der Waals surface area contributed by atoms with Crippen molar-refractivity contribution in [1.82, 2.24) is 9.55 Å². The summed E-state index contributed by atoms with van der Waals surface area (Å²) in [5, 5.41) is 1.22.